The van der Waals surface area contributed by atoms with Gasteiger partial charge in [-0.3, -0.25) is 25.7 Å². The smallest absolute Gasteiger partial charge is 0.272 e. The van der Waals surface area contributed by atoms with Crippen LogP contribution in [0.5, 0.6) is 0 Å². The first-order chi connectivity index (χ1) is 11.8. The topological polar surface area (TPSA) is 145 Å². The minimum absolute atomic E-state index is 0.0936. The quantitative estimate of drug-likeness (QED) is 0.451. The number of anilines is 1. The highest BCUT2D eigenvalue weighted by Crippen LogP contribution is 2.28. The Labute approximate surface area is 142 Å². The van der Waals surface area contributed by atoms with Crippen LogP contribution in [-0.4, -0.2) is 30.2 Å². The molecule has 0 aliphatic heterocycles. The fraction of sp³-hybridized carbons (Fsp3) is 0.0714. The van der Waals surface area contributed by atoms with Crippen molar-refractivity contribution >= 4 is 33.1 Å². The fourth-order valence-electron chi connectivity index (χ4n) is 1.85. The maximum Gasteiger partial charge on any atom is 0.301 e. The Balaban J connectivity index is 2.12. The minimum Gasteiger partial charge on any atom is -0.272 e. The van der Waals surface area contributed by atoms with Gasteiger partial charge in [0.2, 0.25) is 0 Å². The van der Waals surface area contributed by atoms with Crippen LogP contribution in [0.15, 0.2) is 58.5 Å². The number of sulfone groups is 1. The molecule has 11 heteroatoms. The van der Waals surface area contributed by atoms with Crippen molar-refractivity contribution in [3.8, 4) is 0 Å². The maximum atomic E-state index is 12.0. The molecule has 0 fully saturated rings. The number of nitrogens with zero attached hydrogens (tertiary/aromatic N) is 3. The van der Waals surface area contributed by atoms with Crippen LogP contribution in [0.1, 0.15) is 0 Å². The number of hydrogen-bond acceptors (Lipinski definition) is 8. The summed E-state index contributed by atoms with van der Waals surface area (Å²) in [6.07, 6.45) is 1.05. The lowest BCUT2D eigenvalue weighted by atomic mass is 10.2. The molecule has 2 aromatic rings. The predicted molar refractivity (Wildman–Crippen MR) is 90.4 cm³/mol. The van der Waals surface area contributed by atoms with Crippen LogP contribution in [0.3, 0.4) is 0 Å². The van der Waals surface area contributed by atoms with E-state index in [4.69, 9.17) is 0 Å². The van der Waals surface area contributed by atoms with E-state index in [1.807, 2.05) is 0 Å². The third-order valence-corrected chi connectivity index (χ3v) is 4.64. The second-order valence-corrected chi connectivity index (χ2v) is 6.77. The molecule has 0 bridgehead atoms. The van der Waals surface area contributed by atoms with Crippen LogP contribution in [0.25, 0.3) is 0 Å². The Hall–Kier alpha value is -3.34. The molecule has 1 N–H and O–H groups in total. The van der Waals surface area contributed by atoms with E-state index in [0.29, 0.717) is 0 Å². The molecule has 130 valence electrons. The predicted octanol–water partition coefficient (Wildman–Crippen LogP) is 2.37. The zero-order valence-corrected chi connectivity index (χ0v) is 13.4. The third kappa shape index (κ3) is 4.57. The fourth-order valence-corrected chi connectivity index (χ4v) is 2.89. The van der Waals surface area contributed by atoms with Gasteiger partial charge in [-0.15, -0.1) is 0 Å². The number of benzene rings is 2. The van der Waals surface area contributed by atoms with E-state index < -0.39 is 36.8 Å². The molecule has 0 aliphatic carbocycles. The summed E-state index contributed by atoms with van der Waals surface area (Å²) in [4.78, 5) is 20.2. The molecule has 25 heavy (non-hydrogen) atoms. The van der Waals surface area contributed by atoms with Crippen molar-refractivity contribution in [2.24, 2.45) is 5.10 Å². The monoisotopic (exact) mass is 364 g/mol. The highest BCUT2D eigenvalue weighted by molar-refractivity contribution is 7.92. The van der Waals surface area contributed by atoms with Crippen LogP contribution < -0.4 is 5.43 Å². The van der Waals surface area contributed by atoms with Crippen molar-refractivity contribution in [3.63, 3.8) is 0 Å². The summed E-state index contributed by atoms with van der Waals surface area (Å²) in [5.41, 5.74) is 1.25. The highest BCUT2D eigenvalue weighted by atomic mass is 32.2. The first-order valence-corrected chi connectivity index (χ1v) is 8.44. The van der Waals surface area contributed by atoms with Gasteiger partial charge in [0.25, 0.3) is 5.69 Å². The molecule has 2 aromatic carbocycles. The van der Waals surface area contributed by atoms with Crippen molar-refractivity contribution in [1.82, 2.24) is 0 Å². The van der Waals surface area contributed by atoms with Gasteiger partial charge < -0.3 is 0 Å². The minimum atomic E-state index is -3.57. The van der Waals surface area contributed by atoms with Gasteiger partial charge >= 0.3 is 5.69 Å². The first-order valence-electron chi connectivity index (χ1n) is 6.79. The Bertz CT molecular complexity index is 928. The van der Waals surface area contributed by atoms with Crippen molar-refractivity contribution in [2.75, 3.05) is 11.2 Å². The van der Waals surface area contributed by atoms with Gasteiger partial charge in [0.1, 0.15) is 5.69 Å². The lowest BCUT2D eigenvalue weighted by Gasteiger charge is -2.02. The summed E-state index contributed by atoms with van der Waals surface area (Å²) < 4.78 is 24.1. The average Bonchev–Trinajstić information content (AvgIpc) is 2.59. The molecule has 0 amide bonds. The van der Waals surface area contributed by atoms with Crippen LogP contribution in [0.2, 0.25) is 0 Å². The Morgan fingerprint density at radius 3 is 2.32 bits per heavy atom. The van der Waals surface area contributed by atoms with Crippen molar-refractivity contribution < 1.29 is 18.3 Å². The van der Waals surface area contributed by atoms with Gasteiger partial charge in [-0.05, 0) is 18.2 Å². The SMILES string of the molecule is O=[N+]([O-])c1ccc(NN=CCS(=O)(=O)c2ccccc2)c([N+](=O)[O-])c1. The molecule has 2 rings (SSSR count). The van der Waals surface area contributed by atoms with Gasteiger partial charge in [0.05, 0.1) is 26.6 Å². The van der Waals surface area contributed by atoms with Gasteiger partial charge in [0.15, 0.2) is 9.84 Å². The zero-order valence-electron chi connectivity index (χ0n) is 12.6. The van der Waals surface area contributed by atoms with Crippen LogP contribution in [0.4, 0.5) is 17.1 Å². The molecule has 0 radical (unpaired) electrons. The van der Waals surface area contributed by atoms with Crippen LogP contribution in [-0.2, 0) is 9.84 Å². The molecule has 0 heterocycles. The van der Waals surface area contributed by atoms with E-state index in [2.05, 4.69) is 10.5 Å². The Morgan fingerprint density at radius 1 is 1.04 bits per heavy atom. The molecule has 0 unspecified atom stereocenters. The number of non-ortho nitro benzene ring substituents is 1. The summed E-state index contributed by atoms with van der Waals surface area (Å²) >= 11 is 0. The Morgan fingerprint density at radius 2 is 1.72 bits per heavy atom. The van der Waals surface area contributed by atoms with Gasteiger partial charge in [-0.1, -0.05) is 18.2 Å². The van der Waals surface area contributed by atoms with E-state index in [1.165, 1.54) is 12.1 Å². The molecule has 0 aromatic heterocycles. The maximum absolute atomic E-state index is 12.0. The van der Waals surface area contributed by atoms with Gasteiger partial charge in [-0.25, -0.2) is 8.42 Å². The second kappa shape index (κ2) is 7.49. The molecular weight excluding hydrogens is 352 g/mol. The van der Waals surface area contributed by atoms with E-state index in [9.17, 15) is 28.6 Å². The second-order valence-electron chi connectivity index (χ2n) is 4.73. The summed E-state index contributed by atoms with van der Waals surface area (Å²) in [7, 11) is -3.57. The number of nitro groups is 2. The molecule has 0 saturated carbocycles. The average molecular weight is 364 g/mol. The normalized spacial score (nSPS) is 11.4. The summed E-state index contributed by atoms with van der Waals surface area (Å²) in [6, 6.07) is 10.7. The summed E-state index contributed by atoms with van der Waals surface area (Å²) in [6.45, 7) is 0. The molecule has 0 atom stereocenters. The number of nitrogens with one attached hydrogen (secondary N) is 1. The first kappa shape index (κ1) is 18.0. The molecular formula is C14H12N4O6S. The highest BCUT2D eigenvalue weighted by Gasteiger charge is 2.19. The van der Waals surface area contributed by atoms with Crippen LogP contribution in [0, 0.1) is 20.2 Å². The molecule has 0 spiro atoms. The van der Waals surface area contributed by atoms with E-state index in [1.54, 1.807) is 18.2 Å². The molecule has 10 nitrogen and oxygen atoms in total. The summed E-state index contributed by atoms with van der Waals surface area (Å²) in [5, 5.41) is 25.3. The van der Waals surface area contributed by atoms with Gasteiger partial charge in [-0.2, -0.15) is 5.10 Å². The Kier molecular flexibility index (Phi) is 5.39. The van der Waals surface area contributed by atoms with Gasteiger partial charge in [0, 0.05) is 12.3 Å². The van der Waals surface area contributed by atoms with E-state index >= 15 is 0 Å². The lowest BCUT2D eigenvalue weighted by Crippen LogP contribution is -2.08. The number of rotatable bonds is 7. The third-order valence-electron chi connectivity index (χ3n) is 3.06. The number of hydrazone groups is 1. The number of hydrogen-bond donors (Lipinski definition) is 1. The largest absolute Gasteiger partial charge is 0.301 e. The van der Waals surface area contributed by atoms with Crippen molar-refractivity contribution in [1.29, 1.82) is 0 Å². The zero-order chi connectivity index (χ0) is 18.4. The standard InChI is InChI=1S/C14H12N4O6S/c19-17(20)11-6-7-13(14(10-11)18(21)22)16-15-8-9-25(23,24)12-4-2-1-3-5-12/h1-8,10,16H,9H2. The lowest BCUT2D eigenvalue weighted by molar-refractivity contribution is -0.393. The van der Waals surface area contributed by atoms with Crippen LogP contribution >= 0.6 is 0 Å². The summed E-state index contributed by atoms with van der Waals surface area (Å²) in [5.74, 6) is -0.412. The number of nitro benzene ring substituents is 2. The molecule has 0 saturated heterocycles. The van der Waals surface area contributed by atoms with E-state index in [-0.39, 0.29) is 10.6 Å². The molecule has 0 aliphatic rings. The van der Waals surface area contributed by atoms with Crippen molar-refractivity contribution in [3.05, 3.63) is 68.8 Å². The van der Waals surface area contributed by atoms with Crippen molar-refractivity contribution in [2.45, 2.75) is 4.90 Å². The van der Waals surface area contributed by atoms with E-state index in [0.717, 1.165) is 24.4 Å².